The van der Waals surface area contributed by atoms with Gasteiger partial charge in [0.1, 0.15) is 0 Å². The fourth-order valence-corrected chi connectivity index (χ4v) is 6.26. The van der Waals surface area contributed by atoms with Crippen molar-refractivity contribution in [3.05, 3.63) is 0 Å². The minimum absolute atomic E-state index is 0.189. The number of hydrogen-bond acceptors (Lipinski definition) is 3. The van der Waals surface area contributed by atoms with Crippen LogP contribution in [0.1, 0.15) is 51.4 Å². The topological polar surface area (TPSA) is 49.4 Å². The molecule has 3 rings (SSSR count). The molecule has 1 unspecified atom stereocenters. The number of hydrogen-bond donors (Lipinski definition) is 1. The van der Waals surface area contributed by atoms with Crippen molar-refractivity contribution in [3.63, 3.8) is 0 Å². The summed E-state index contributed by atoms with van der Waals surface area (Å²) in [5, 5.41) is 3.32. The van der Waals surface area contributed by atoms with Gasteiger partial charge in [-0.3, -0.25) is 0 Å². The van der Waals surface area contributed by atoms with Crippen LogP contribution in [0.5, 0.6) is 0 Å². The van der Waals surface area contributed by atoms with E-state index in [0.29, 0.717) is 17.7 Å². The maximum Gasteiger partial charge on any atom is 0.215 e. The summed E-state index contributed by atoms with van der Waals surface area (Å²) in [4.78, 5) is 0. The number of nitrogens with zero attached hydrogens (tertiary/aromatic N) is 1. The minimum Gasteiger partial charge on any atom is -0.313 e. The molecule has 2 heterocycles. The second kappa shape index (κ2) is 5.70. The van der Waals surface area contributed by atoms with Gasteiger partial charge in [0.05, 0.1) is 5.75 Å². The first kappa shape index (κ1) is 13.8. The molecule has 4 nitrogen and oxygen atoms in total. The van der Waals surface area contributed by atoms with Crippen LogP contribution < -0.4 is 5.32 Å². The fraction of sp³-hybridized carbons (Fsp3) is 1.00. The summed E-state index contributed by atoms with van der Waals surface area (Å²) in [5.41, 5.74) is 0. The lowest BCUT2D eigenvalue weighted by atomic mass is 9.79. The first-order valence-electron chi connectivity index (χ1n) is 7.90. The monoisotopic (exact) mass is 286 g/mol. The Morgan fingerprint density at radius 1 is 1.00 bits per heavy atom. The van der Waals surface area contributed by atoms with E-state index in [2.05, 4.69) is 5.32 Å². The van der Waals surface area contributed by atoms with E-state index >= 15 is 0 Å². The molecule has 2 aliphatic heterocycles. The lowest BCUT2D eigenvalue weighted by molar-refractivity contribution is 0.129. The van der Waals surface area contributed by atoms with E-state index in [-0.39, 0.29) is 6.04 Å². The molecule has 3 fully saturated rings. The van der Waals surface area contributed by atoms with Crippen molar-refractivity contribution in [2.75, 3.05) is 18.8 Å². The average molecular weight is 286 g/mol. The Hall–Kier alpha value is -0.130. The number of nitrogens with one attached hydrogen (secondary N) is 1. The molecule has 0 bridgehead atoms. The van der Waals surface area contributed by atoms with Gasteiger partial charge >= 0.3 is 0 Å². The summed E-state index contributed by atoms with van der Waals surface area (Å²) in [5.74, 6) is 0.949. The van der Waals surface area contributed by atoms with Crippen molar-refractivity contribution < 1.29 is 8.42 Å². The van der Waals surface area contributed by atoms with Crippen LogP contribution >= 0.6 is 0 Å². The number of fused-ring (bicyclic) bond motifs is 1. The maximum atomic E-state index is 12.7. The van der Waals surface area contributed by atoms with E-state index in [4.69, 9.17) is 0 Å². The number of rotatable bonds is 3. The van der Waals surface area contributed by atoms with Gasteiger partial charge in [-0.2, -0.15) is 4.31 Å². The zero-order chi connectivity index (χ0) is 13.3. The smallest absolute Gasteiger partial charge is 0.215 e. The van der Waals surface area contributed by atoms with Gasteiger partial charge in [0, 0.05) is 18.6 Å². The van der Waals surface area contributed by atoms with Crippen LogP contribution in [-0.2, 0) is 10.0 Å². The molecule has 0 amide bonds. The molecule has 110 valence electrons. The van der Waals surface area contributed by atoms with Crippen LogP contribution in [-0.4, -0.2) is 43.6 Å². The normalized spacial score (nSPS) is 37.2. The first-order valence-corrected chi connectivity index (χ1v) is 9.50. The molecule has 3 atom stereocenters. The highest BCUT2D eigenvalue weighted by atomic mass is 32.2. The van der Waals surface area contributed by atoms with Gasteiger partial charge in [-0.1, -0.05) is 12.8 Å². The lowest BCUT2D eigenvalue weighted by Gasteiger charge is -2.43. The minimum atomic E-state index is -3.07. The Balaban J connectivity index is 1.71. The Bertz CT molecular complexity index is 402. The van der Waals surface area contributed by atoms with Gasteiger partial charge in [0.2, 0.25) is 10.0 Å². The Morgan fingerprint density at radius 2 is 1.79 bits per heavy atom. The number of piperidine rings is 1. The van der Waals surface area contributed by atoms with E-state index in [9.17, 15) is 8.42 Å². The molecule has 1 aliphatic carbocycles. The molecular weight excluding hydrogens is 260 g/mol. The summed E-state index contributed by atoms with van der Waals surface area (Å²) >= 11 is 0. The van der Waals surface area contributed by atoms with Gasteiger partial charge in [-0.05, 0) is 51.0 Å². The zero-order valence-electron chi connectivity index (χ0n) is 11.7. The Morgan fingerprint density at radius 3 is 2.58 bits per heavy atom. The van der Waals surface area contributed by atoms with Crippen molar-refractivity contribution in [1.82, 2.24) is 9.62 Å². The van der Waals surface area contributed by atoms with Crippen LogP contribution in [0.25, 0.3) is 0 Å². The van der Waals surface area contributed by atoms with Crippen molar-refractivity contribution in [2.24, 2.45) is 5.92 Å². The summed E-state index contributed by atoms with van der Waals surface area (Å²) < 4.78 is 27.2. The lowest BCUT2D eigenvalue weighted by Crippen LogP contribution is -2.51. The van der Waals surface area contributed by atoms with E-state index in [0.717, 1.165) is 38.8 Å². The van der Waals surface area contributed by atoms with Crippen molar-refractivity contribution in [2.45, 2.75) is 63.5 Å². The second-order valence-electron chi connectivity index (χ2n) is 6.44. The van der Waals surface area contributed by atoms with Crippen molar-refractivity contribution in [3.8, 4) is 0 Å². The highest BCUT2D eigenvalue weighted by Crippen LogP contribution is 2.36. The molecule has 0 spiro atoms. The summed E-state index contributed by atoms with van der Waals surface area (Å²) in [7, 11) is -3.07. The SMILES string of the molecule is O=S(=O)(CC1CCCN1)N1CCC[C@H]2CCCC[C@H]21. The van der Waals surface area contributed by atoms with Crippen molar-refractivity contribution >= 4 is 10.0 Å². The molecule has 5 heteroatoms. The molecule has 0 radical (unpaired) electrons. The van der Waals surface area contributed by atoms with E-state index in [1.54, 1.807) is 0 Å². The highest BCUT2D eigenvalue weighted by Gasteiger charge is 2.40. The first-order chi connectivity index (χ1) is 9.17. The van der Waals surface area contributed by atoms with Gasteiger partial charge in [0.15, 0.2) is 0 Å². The molecule has 2 saturated heterocycles. The summed E-state index contributed by atoms with van der Waals surface area (Å²) in [6, 6.07) is 0.503. The second-order valence-corrected chi connectivity index (χ2v) is 8.40. The van der Waals surface area contributed by atoms with Gasteiger partial charge in [-0.15, -0.1) is 0 Å². The van der Waals surface area contributed by atoms with Crippen LogP contribution in [0, 0.1) is 5.92 Å². The van der Waals surface area contributed by atoms with E-state index < -0.39 is 10.0 Å². The van der Waals surface area contributed by atoms with E-state index in [1.165, 1.54) is 25.7 Å². The average Bonchev–Trinajstić information content (AvgIpc) is 2.90. The van der Waals surface area contributed by atoms with Gasteiger partial charge in [-0.25, -0.2) is 8.42 Å². The zero-order valence-corrected chi connectivity index (χ0v) is 12.5. The maximum absolute atomic E-state index is 12.7. The third-order valence-corrected chi connectivity index (χ3v) is 7.12. The quantitative estimate of drug-likeness (QED) is 0.859. The van der Waals surface area contributed by atoms with Crippen LogP contribution in [0.3, 0.4) is 0 Å². The van der Waals surface area contributed by atoms with Crippen molar-refractivity contribution in [1.29, 1.82) is 0 Å². The highest BCUT2D eigenvalue weighted by molar-refractivity contribution is 7.89. The molecule has 19 heavy (non-hydrogen) atoms. The standard InChI is InChI=1S/C14H26N2O2S/c17-19(18,11-13-7-3-9-15-13)16-10-4-6-12-5-1-2-8-14(12)16/h12-15H,1-11H2/t12-,13?,14-/m1/s1. The Kier molecular flexibility index (Phi) is 4.15. The molecular formula is C14H26N2O2S. The predicted molar refractivity (Wildman–Crippen MR) is 76.5 cm³/mol. The third-order valence-electron chi connectivity index (χ3n) is 5.12. The van der Waals surface area contributed by atoms with E-state index in [1.807, 2.05) is 4.31 Å². The molecule has 3 aliphatic rings. The summed E-state index contributed by atoms with van der Waals surface area (Å²) in [6.07, 6.45) is 9.23. The molecule has 1 N–H and O–H groups in total. The van der Waals surface area contributed by atoms with Crippen LogP contribution in [0.15, 0.2) is 0 Å². The van der Waals surface area contributed by atoms with Gasteiger partial charge in [0.25, 0.3) is 0 Å². The largest absolute Gasteiger partial charge is 0.313 e. The third kappa shape index (κ3) is 2.98. The molecule has 1 saturated carbocycles. The van der Waals surface area contributed by atoms with Gasteiger partial charge < -0.3 is 5.32 Å². The molecule has 0 aromatic rings. The molecule has 0 aromatic carbocycles. The van der Waals surface area contributed by atoms with Crippen LogP contribution in [0.2, 0.25) is 0 Å². The summed E-state index contributed by atoms with van der Waals surface area (Å²) in [6.45, 7) is 1.74. The molecule has 0 aromatic heterocycles. The predicted octanol–water partition coefficient (Wildman–Crippen LogP) is 1.72. The number of sulfonamides is 1. The Labute approximate surface area is 117 Å². The fourth-order valence-electron chi connectivity index (χ4n) is 4.17. The van der Waals surface area contributed by atoms with Crippen LogP contribution in [0.4, 0.5) is 0 Å².